The van der Waals surface area contributed by atoms with Crippen molar-refractivity contribution in [3.05, 3.63) is 78.3 Å². The molecule has 1 atom stereocenters. The van der Waals surface area contributed by atoms with Crippen LogP contribution >= 0.6 is 0 Å². The van der Waals surface area contributed by atoms with Crippen molar-refractivity contribution in [1.29, 1.82) is 0 Å². The van der Waals surface area contributed by atoms with Crippen LogP contribution in [0.25, 0.3) is 17.3 Å². The zero-order chi connectivity index (χ0) is 23.8. The van der Waals surface area contributed by atoms with E-state index in [-0.39, 0.29) is 12.0 Å². The van der Waals surface area contributed by atoms with Crippen LogP contribution in [0.3, 0.4) is 0 Å². The summed E-state index contributed by atoms with van der Waals surface area (Å²) in [6.45, 7) is 9.15. The average molecular weight is 460 g/mol. The van der Waals surface area contributed by atoms with Crippen LogP contribution in [0.2, 0.25) is 0 Å². The van der Waals surface area contributed by atoms with E-state index in [1.807, 2.05) is 47.3 Å². The van der Waals surface area contributed by atoms with Crippen LogP contribution < -0.4 is 5.32 Å². The van der Waals surface area contributed by atoms with Gasteiger partial charge in [-0.1, -0.05) is 44.2 Å². The predicted molar refractivity (Wildman–Crippen MR) is 134 cm³/mol. The molecule has 1 aliphatic rings. The van der Waals surface area contributed by atoms with E-state index < -0.39 is 0 Å². The van der Waals surface area contributed by atoms with E-state index in [0.717, 1.165) is 42.0 Å². The van der Waals surface area contributed by atoms with Crippen LogP contribution in [0.5, 0.6) is 0 Å². The van der Waals surface area contributed by atoms with E-state index in [1.54, 1.807) is 18.5 Å². The fourth-order valence-corrected chi connectivity index (χ4v) is 4.16. The molecular weight excluding hydrogens is 426 g/mol. The summed E-state index contributed by atoms with van der Waals surface area (Å²) in [4.78, 5) is 19.2. The van der Waals surface area contributed by atoms with Gasteiger partial charge in [-0.05, 0) is 29.7 Å². The normalized spacial score (nSPS) is 16.9. The van der Waals surface area contributed by atoms with Gasteiger partial charge in [-0.2, -0.15) is 5.10 Å². The van der Waals surface area contributed by atoms with Crippen molar-refractivity contribution in [2.24, 2.45) is 5.92 Å². The number of hydrogen-bond donors (Lipinski definition) is 1. The van der Waals surface area contributed by atoms with Gasteiger partial charge in [0.25, 0.3) is 0 Å². The van der Waals surface area contributed by atoms with Crippen LogP contribution in [0, 0.1) is 5.92 Å². The number of carbonyl (C=O) groups is 1. The molecule has 1 N–H and O–H groups in total. The van der Waals surface area contributed by atoms with Gasteiger partial charge in [-0.15, -0.1) is 0 Å². The van der Waals surface area contributed by atoms with E-state index >= 15 is 0 Å². The molecule has 1 aromatic carbocycles. The molecule has 3 aromatic rings. The number of aromatic nitrogens is 3. The first-order valence-corrected chi connectivity index (χ1v) is 11.9. The lowest BCUT2D eigenvalue weighted by Gasteiger charge is -2.33. The minimum atomic E-state index is -0.141. The standard InChI is InChI=1S/C27H33N5O2/c1-21(2)17-31-13-14-34-25(20-31)16-29-26(33)11-10-24-19-32(18-22-7-4-3-5-8-22)30-27(24)23-9-6-12-28-15-23/h3-12,15,19,21,25H,13-14,16-18,20H2,1-2H3,(H,29,33)/b11-10+. The molecule has 4 rings (SSSR count). The summed E-state index contributed by atoms with van der Waals surface area (Å²) >= 11 is 0. The minimum absolute atomic E-state index is 0.0180. The van der Waals surface area contributed by atoms with E-state index in [2.05, 4.69) is 41.2 Å². The minimum Gasteiger partial charge on any atom is -0.374 e. The Morgan fingerprint density at radius 1 is 1.24 bits per heavy atom. The van der Waals surface area contributed by atoms with Crippen molar-refractivity contribution < 1.29 is 9.53 Å². The van der Waals surface area contributed by atoms with Gasteiger partial charge in [-0.3, -0.25) is 19.4 Å². The molecule has 178 valence electrons. The number of carbonyl (C=O) groups excluding carboxylic acids is 1. The van der Waals surface area contributed by atoms with Gasteiger partial charge < -0.3 is 10.1 Å². The number of nitrogens with zero attached hydrogens (tertiary/aromatic N) is 4. The van der Waals surface area contributed by atoms with Crippen molar-refractivity contribution >= 4 is 12.0 Å². The molecule has 7 nitrogen and oxygen atoms in total. The summed E-state index contributed by atoms with van der Waals surface area (Å²) in [5.74, 6) is 0.477. The van der Waals surface area contributed by atoms with E-state index in [1.165, 1.54) is 0 Å². The van der Waals surface area contributed by atoms with E-state index in [4.69, 9.17) is 9.84 Å². The van der Waals surface area contributed by atoms with Crippen molar-refractivity contribution in [2.45, 2.75) is 26.5 Å². The Hall–Kier alpha value is -3.29. The topological polar surface area (TPSA) is 72.3 Å². The predicted octanol–water partition coefficient (Wildman–Crippen LogP) is 3.48. The van der Waals surface area contributed by atoms with Crippen molar-refractivity contribution in [2.75, 3.05) is 32.8 Å². The van der Waals surface area contributed by atoms with Crippen LogP contribution in [0.15, 0.2) is 67.1 Å². The van der Waals surface area contributed by atoms with Crippen molar-refractivity contribution in [1.82, 2.24) is 25.0 Å². The smallest absolute Gasteiger partial charge is 0.244 e. The maximum absolute atomic E-state index is 12.6. The summed E-state index contributed by atoms with van der Waals surface area (Å²) in [5.41, 5.74) is 3.74. The molecular formula is C27H33N5O2. The second-order valence-electron chi connectivity index (χ2n) is 9.08. The van der Waals surface area contributed by atoms with Crippen LogP contribution in [-0.4, -0.2) is 64.5 Å². The highest BCUT2D eigenvalue weighted by Gasteiger charge is 2.21. The first-order valence-electron chi connectivity index (χ1n) is 11.9. The number of morpholine rings is 1. The molecule has 7 heteroatoms. The third-order valence-corrected chi connectivity index (χ3v) is 5.68. The number of hydrogen-bond acceptors (Lipinski definition) is 5. The molecule has 0 radical (unpaired) electrons. The fraction of sp³-hybridized carbons (Fsp3) is 0.370. The quantitative estimate of drug-likeness (QED) is 0.496. The van der Waals surface area contributed by atoms with Gasteiger partial charge in [-0.25, -0.2) is 0 Å². The highest BCUT2D eigenvalue weighted by atomic mass is 16.5. The molecule has 0 aliphatic carbocycles. The fourth-order valence-electron chi connectivity index (χ4n) is 4.16. The van der Waals surface area contributed by atoms with Crippen LogP contribution in [-0.2, 0) is 16.1 Å². The Labute approximate surface area is 201 Å². The van der Waals surface area contributed by atoms with Crippen LogP contribution in [0.1, 0.15) is 25.0 Å². The summed E-state index contributed by atoms with van der Waals surface area (Å²) in [6, 6.07) is 14.0. The van der Waals surface area contributed by atoms with Gasteiger partial charge in [0.05, 0.1) is 19.3 Å². The second-order valence-corrected chi connectivity index (χ2v) is 9.08. The molecule has 1 fully saturated rings. The lowest BCUT2D eigenvalue weighted by atomic mass is 10.1. The number of amides is 1. The molecule has 0 saturated carbocycles. The number of pyridine rings is 1. The van der Waals surface area contributed by atoms with Crippen molar-refractivity contribution in [3.63, 3.8) is 0 Å². The Morgan fingerprint density at radius 2 is 2.09 bits per heavy atom. The Bertz CT molecular complexity index is 1080. The van der Waals surface area contributed by atoms with Gasteiger partial charge in [0.15, 0.2) is 0 Å². The maximum atomic E-state index is 12.6. The van der Waals surface area contributed by atoms with E-state index in [9.17, 15) is 4.79 Å². The molecule has 1 aliphatic heterocycles. The number of ether oxygens (including phenoxy) is 1. The molecule has 1 amide bonds. The first kappa shape index (κ1) is 23.9. The Balaban J connectivity index is 1.41. The molecule has 3 heterocycles. The summed E-state index contributed by atoms with van der Waals surface area (Å²) in [6.07, 6.45) is 8.90. The highest BCUT2D eigenvalue weighted by Crippen LogP contribution is 2.23. The lowest BCUT2D eigenvalue weighted by molar-refractivity contribution is -0.117. The Morgan fingerprint density at radius 3 is 2.85 bits per heavy atom. The number of benzene rings is 1. The SMILES string of the molecule is CC(C)CN1CCOC(CNC(=O)/C=C/c2cn(Cc3ccccc3)nc2-c2cccnc2)C1. The first-order chi connectivity index (χ1) is 16.6. The molecule has 1 unspecified atom stereocenters. The van der Waals surface area contributed by atoms with Gasteiger partial charge in [0.2, 0.25) is 5.91 Å². The maximum Gasteiger partial charge on any atom is 0.244 e. The molecule has 0 spiro atoms. The van der Waals surface area contributed by atoms with Crippen LogP contribution in [0.4, 0.5) is 0 Å². The summed E-state index contributed by atoms with van der Waals surface area (Å²) in [5, 5.41) is 7.76. The third-order valence-electron chi connectivity index (χ3n) is 5.68. The monoisotopic (exact) mass is 459 g/mol. The third kappa shape index (κ3) is 6.85. The second kappa shape index (κ2) is 11.7. The van der Waals surface area contributed by atoms with Gasteiger partial charge >= 0.3 is 0 Å². The van der Waals surface area contributed by atoms with E-state index in [0.29, 0.717) is 25.6 Å². The molecule has 0 bridgehead atoms. The zero-order valence-corrected chi connectivity index (χ0v) is 19.9. The largest absolute Gasteiger partial charge is 0.374 e. The Kier molecular flexibility index (Phi) is 8.22. The van der Waals surface area contributed by atoms with Gasteiger partial charge in [0.1, 0.15) is 5.69 Å². The van der Waals surface area contributed by atoms with Crippen molar-refractivity contribution in [3.8, 4) is 11.3 Å². The molecule has 1 saturated heterocycles. The highest BCUT2D eigenvalue weighted by molar-refractivity contribution is 5.92. The summed E-state index contributed by atoms with van der Waals surface area (Å²) < 4.78 is 7.74. The number of rotatable bonds is 9. The number of nitrogens with one attached hydrogen (secondary N) is 1. The molecule has 34 heavy (non-hydrogen) atoms. The molecule has 2 aromatic heterocycles. The lowest BCUT2D eigenvalue weighted by Crippen LogP contribution is -2.48. The zero-order valence-electron chi connectivity index (χ0n) is 19.9. The van der Waals surface area contributed by atoms with Gasteiger partial charge in [0, 0.05) is 62.0 Å². The summed E-state index contributed by atoms with van der Waals surface area (Å²) in [7, 11) is 0. The average Bonchev–Trinajstić information content (AvgIpc) is 3.25.